The summed E-state index contributed by atoms with van der Waals surface area (Å²) in [5, 5.41) is 2.95. The zero-order valence-corrected chi connectivity index (χ0v) is 14.1. The second-order valence-corrected chi connectivity index (χ2v) is 6.74. The van der Waals surface area contributed by atoms with E-state index >= 15 is 0 Å². The Kier molecular flexibility index (Phi) is 3.95. The number of aromatic nitrogens is 2. The van der Waals surface area contributed by atoms with Gasteiger partial charge in [0.15, 0.2) is 0 Å². The van der Waals surface area contributed by atoms with Crippen molar-refractivity contribution in [2.75, 3.05) is 11.9 Å². The van der Waals surface area contributed by atoms with Gasteiger partial charge in [-0.1, -0.05) is 12.1 Å². The van der Waals surface area contributed by atoms with Crippen molar-refractivity contribution in [2.24, 2.45) is 5.92 Å². The number of aryl methyl sites for hydroxylation is 1. The van der Waals surface area contributed by atoms with Crippen molar-refractivity contribution in [3.8, 4) is 11.3 Å². The van der Waals surface area contributed by atoms with Crippen LogP contribution in [0.3, 0.4) is 0 Å². The van der Waals surface area contributed by atoms with Crippen molar-refractivity contribution in [1.29, 1.82) is 0 Å². The number of hydrogen-bond acceptors (Lipinski definition) is 4. The van der Waals surface area contributed by atoms with Crippen molar-refractivity contribution in [2.45, 2.75) is 32.2 Å². The second kappa shape index (κ2) is 6.27. The van der Waals surface area contributed by atoms with Crippen LogP contribution in [0, 0.1) is 12.8 Å². The molecule has 1 atom stereocenters. The molecule has 1 saturated heterocycles. The smallest absolute Gasteiger partial charge is 0.229 e. The molecule has 1 saturated carbocycles. The number of amides is 2. The molecule has 0 radical (unpaired) electrons. The lowest BCUT2D eigenvalue weighted by atomic mass is 10.1. The fourth-order valence-corrected chi connectivity index (χ4v) is 3.26. The average molecular weight is 336 g/mol. The largest absolute Gasteiger partial charge is 0.339 e. The summed E-state index contributed by atoms with van der Waals surface area (Å²) in [7, 11) is 0. The monoisotopic (exact) mass is 336 g/mol. The molecule has 6 heteroatoms. The molecule has 1 N–H and O–H groups in total. The van der Waals surface area contributed by atoms with Gasteiger partial charge in [-0.15, -0.1) is 0 Å². The summed E-state index contributed by atoms with van der Waals surface area (Å²) in [5.41, 5.74) is 2.46. The van der Waals surface area contributed by atoms with Gasteiger partial charge in [0.2, 0.25) is 11.8 Å². The third-order valence-electron chi connectivity index (χ3n) is 4.72. The molecule has 1 aromatic heterocycles. The van der Waals surface area contributed by atoms with E-state index in [1.807, 2.05) is 42.2 Å². The van der Waals surface area contributed by atoms with Gasteiger partial charge in [0.05, 0.1) is 11.6 Å². The van der Waals surface area contributed by atoms with Crippen LogP contribution in [-0.4, -0.2) is 39.3 Å². The minimum absolute atomic E-state index is 0.0903. The number of rotatable bonds is 4. The zero-order chi connectivity index (χ0) is 17.4. The summed E-state index contributed by atoms with van der Waals surface area (Å²) < 4.78 is 0. The molecular weight excluding hydrogens is 316 g/mol. The minimum atomic E-state index is -0.266. The molecule has 6 nitrogen and oxygen atoms in total. The molecule has 0 unspecified atom stereocenters. The van der Waals surface area contributed by atoms with E-state index in [4.69, 9.17) is 0 Å². The van der Waals surface area contributed by atoms with Crippen LogP contribution in [0.1, 0.15) is 25.1 Å². The molecule has 0 bridgehead atoms. The van der Waals surface area contributed by atoms with Crippen LogP contribution in [-0.2, 0) is 9.59 Å². The molecule has 2 fully saturated rings. The molecule has 1 aliphatic carbocycles. The highest BCUT2D eigenvalue weighted by Gasteiger charge is 2.41. The fourth-order valence-electron chi connectivity index (χ4n) is 3.26. The zero-order valence-electron chi connectivity index (χ0n) is 14.1. The van der Waals surface area contributed by atoms with Crippen LogP contribution in [0.5, 0.6) is 0 Å². The number of nitrogens with one attached hydrogen (secondary N) is 1. The van der Waals surface area contributed by atoms with Crippen LogP contribution < -0.4 is 5.32 Å². The Morgan fingerprint density at radius 3 is 2.88 bits per heavy atom. The van der Waals surface area contributed by atoms with Crippen molar-refractivity contribution >= 4 is 17.5 Å². The van der Waals surface area contributed by atoms with E-state index in [9.17, 15) is 9.59 Å². The maximum Gasteiger partial charge on any atom is 0.229 e. The van der Waals surface area contributed by atoms with Gasteiger partial charge in [-0.25, -0.2) is 9.97 Å². The van der Waals surface area contributed by atoms with Crippen molar-refractivity contribution in [3.63, 3.8) is 0 Å². The highest BCUT2D eigenvalue weighted by molar-refractivity contribution is 5.97. The molecule has 128 valence electrons. The molecule has 2 aromatic rings. The van der Waals surface area contributed by atoms with Gasteiger partial charge in [-0.3, -0.25) is 9.59 Å². The first-order chi connectivity index (χ1) is 12.1. The SMILES string of the molecule is Cc1nccc(-c2cccc(NC(=O)[C@@H]3CC(=O)N(C4CC4)C3)c2)n1. The number of carbonyl (C=O) groups is 2. The fraction of sp³-hybridized carbons (Fsp3) is 0.368. The molecule has 4 rings (SSSR count). The summed E-state index contributed by atoms with van der Waals surface area (Å²) in [6.45, 7) is 2.39. The quantitative estimate of drug-likeness (QED) is 0.930. The van der Waals surface area contributed by atoms with E-state index in [2.05, 4.69) is 15.3 Å². The lowest BCUT2D eigenvalue weighted by molar-refractivity contribution is -0.128. The summed E-state index contributed by atoms with van der Waals surface area (Å²) >= 11 is 0. The number of hydrogen-bond donors (Lipinski definition) is 1. The Balaban J connectivity index is 1.47. The van der Waals surface area contributed by atoms with Crippen LogP contribution in [0.25, 0.3) is 11.3 Å². The summed E-state index contributed by atoms with van der Waals surface area (Å²) in [6, 6.07) is 9.80. The van der Waals surface area contributed by atoms with E-state index in [1.165, 1.54) is 0 Å². The van der Waals surface area contributed by atoms with Gasteiger partial charge in [0, 0.05) is 36.5 Å². The molecular formula is C19H20N4O2. The van der Waals surface area contributed by atoms with E-state index in [0.717, 1.165) is 29.8 Å². The highest BCUT2D eigenvalue weighted by atomic mass is 16.2. The second-order valence-electron chi connectivity index (χ2n) is 6.74. The number of nitrogens with zero attached hydrogens (tertiary/aromatic N) is 3. The maximum atomic E-state index is 12.5. The molecule has 1 aliphatic heterocycles. The van der Waals surface area contributed by atoms with Gasteiger partial charge in [0.1, 0.15) is 5.82 Å². The Bertz CT molecular complexity index is 832. The first kappa shape index (κ1) is 15.7. The van der Waals surface area contributed by atoms with Gasteiger partial charge >= 0.3 is 0 Å². The van der Waals surface area contributed by atoms with E-state index in [-0.39, 0.29) is 17.7 Å². The first-order valence-corrected chi connectivity index (χ1v) is 8.60. The highest BCUT2D eigenvalue weighted by Crippen LogP contribution is 2.33. The summed E-state index contributed by atoms with van der Waals surface area (Å²) in [5.74, 6) is 0.454. The standard InChI is InChI=1S/C19H20N4O2/c1-12-20-8-7-17(21-12)13-3-2-4-15(9-13)22-19(25)14-10-18(24)23(11-14)16-5-6-16/h2-4,7-9,14,16H,5-6,10-11H2,1H3,(H,22,25)/t14-/m1/s1. The Morgan fingerprint density at radius 2 is 2.12 bits per heavy atom. The van der Waals surface area contributed by atoms with Crippen LogP contribution >= 0.6 is 0 Å². The molecule has 2 aliphatic rings. The van der Waals surface area contributed by atoms with E-state index in [0.29, 0.717) is 24.8 Å². The molecule has 0 spiro atoms. The van der Waals surface area contributed by atoms with Crippen molar-refractivity contribution in [3.05, 3.63) is 42.4 Å². The molecule has 1 aromatic carbocycles. The normalized spacial score (nSPS) is 20.0. The third-order valence-corrected chi connectivity index (χ3v) is 4.72. The lowest BCUT2D eigenvalue weighted by Crippen LogP contribution is -2.29. The van der Waals surface area contributed by atoms with Crippen LogP contribution in [0.15, 0.2) is 36.5 Å². The maximum absolute atomic E-state index is 12.5. The van der Waals surface area contributed by atoms with Gasteiger partial charge in [-0.05, 0) is 38.0 Å². The summed E-state index contributed by atoms with van der Waals surface area (Å²) in [6.07, 6.45) is 4.17. The number of carbonyl (C=O) groups excluding carboxylic acids is 2. The van der Waals surface area contributed by atoms with E-state index in [1.54, 1.807) is 6.20 Å². The van der Waals surface area contributed by atoms with E-state index < -0.39 is 0 Å². The molecule has 2 amide bonds. The minimum Gasteiger partial charge on any atom is -0.339 e. The number of benzene rings is 1. The van der Waals surface area contributed by atoms with Crippen molar-refractivity contribution in [1.82, 2.24) is 14.9 Å². The van der Waals surface area contributed by atoms with Crippen LogP contribution in [0.4, 0.5) is 5.69 Å². The van der Waals surface area contributed by atoms with Crippen molar-refractivity contribution < 1.29 is 9.59 Å². The predicted molar refractivity (Wildman–Crippen MR) is 93.7 cm³/mol. The molecule has 25 heavy (non-hydrogen) atoms. The number of likely N-dealkylation sites (tertiary alicyclic amines) is 1. The molecule has 2 heterocycles. The topological polar surface area (TPSA) is 75.2 Å². The Hall–Kier alpha value is -2.76. The lowest BCUT2D eigenvalue weighted by Gasteiger charge is -2.15. The first-order valence-electron chi connectivity index (χ1n) is 8.60. The Morgan fingerprint density at radius 1 is 1.28 bits per heavy atom. The summed E-state index contributed by atoms with van der Waals surface area (Å²) in [4.78, 5) is 34.9. The average Bonchev–Trinajstić information content (AvgIpc) is 3.37. The van der Waals surface area contributed by atoms with Gasteiger partial charge in [0.25, 0.3) is 0 Å². The third kappa shape index (κ3) is 3.38. The Labute approximate surface area is 146 Å². The van der Waals surface area contributed by atoms with Crippen LogP contribution in [0.2, 0.25) is 0 Å². The number of anilines is 1. The van der Waals surface area contributed by atoms with Gasteiger partial charge in [-0.2, -0.15) is 0 Å². The van der Waals surface area contributed by atoms with Gasteiger partial charge < -0.3 is 10.2 Å². The predicted octanol–water partition coefficient (Wildman–Crippen LogP) is 2.40.